The molecule has 3 heterocycles. The Morgan fingerprint density at radius 1 is 1.32 bits per heavy atom. The molecule has 0 saturated carbocycles. The van der Waals surface area contributed by atoms with Gasteiger partial charge in [0.2, 0.25) is 0 Å². The second-order valence-corrected chi connectivity index (χ2v) is 6.70. The van der Waals surface area contributed by atoms with Crippen molar-refractivity contribution in [2.75, 3.05) is 24.6 Å². The largest absolute Gasteiger partial charge is 0.433 e. The Balaban J connectivity index is 1.84. The minimum absolute atomic E-state index is 0.0226. The Labute approximate surface area is 144 Å². The molecular formula is C17H21F3N4O. The van der Waals surface area contributed by atoms with E-state index in [1.54, 1.807) is 12.3 Å². The third-order valence-electron chi connectivity index (χ3n) is 4.65. The summed E-state index contributed by atoms with van der Waals surface area (Å²) in [7, 11) is 0. The maximum absolute atomic E-state index is 12.9. The topological polar surface area (TPSA) is 54.2 Å². The zero-order valence-electron chi connectivity index (χ0n) is 14.1. The van der Waals surface area contributed by atoms with Crippen molar-refractivity contribution < 1.29 is 18.3 Å². The SMILES string of the molecule is CC(C)n1cc([C@@H]2CN(c3ccnc(C(F)(F)F)c3)C[C@H]2CO)cn1. The van der Waals surface area contributed by atoms with Crippen LogP contribution in [0.4, 0.5) is 18.9 Å². The molecule has 2 aromatic rings. The van der Waals surface area contributed by atoms with Crippen molar-refractivity contribution in [1.29, 1.82) is 0 Å². The zero-order chi connectivity index (χ0) is 18.2. The van der Waals surface area contributed by atoms with E-state index in [1.807, 2.05) is 29.6 Å². The monoisotopic (exact) mass is 354 g/mol. The molecule has 25 heavy (non-hydrogen) atoms. The Hall–Kier alpha value is -2.09. The summed E-state index contributed by atoms with van der Waals surface area (Å²) in [6.45, 7) is 5.06. The predicted octanol–water partition coefficient (Wildman–Crippen LogP) is 3.09. The number of anilines is 1. The highest BCUT2D eigenvalue weighted by atomic mass is 19.4. The molecule has 1 N–H and O–H groups in total. The average molecular weight is 354 g/mol. The smallest absolute Gasteiger partial charge is 0.396 e. The van der Waals surface area contributed by atoms with E-state index in [0.29, 0.717) is 18.8 Å². The first-order valence-electron chi connectivity index (χ1n) is 8.22. The molecule has 5 nitrogen and oxygen atoms in total. The van der Waals surface area contributed by atoms with Crippen LogP contribution in [-0.2, 0) is 6.18 Å². The van der Waals surface area contributed by atoms with Crippen molar-refractivity contribution in [2.24, 2.45) is 5.92 Å². The van der Waals surface area contributed by atoms with Gasteiger partial charge in [0.15, 0.2) is 0 Å². The van der Waals surface area contributed by atoms with E-state index in [2.05, 4.69) is 10.1 Å². The van der Waals surface area contributed by atoms with Crippen LogP contribution >= 0.6 is 0 Å². The molecule has 8 heteroatoms. The molecule has 0 amide bonds. The molecule has 1 fully saturated rings. The highest BCUT2D eigenvalue weighted by Gasteiger charge is 2.36. The van der Waals surface area contributed by atoms with E-state index in [0.717, 1.165) is 11.6 Å². The van der Waals surface area contributed by atoms with Gasteiger partial charge in [-0.2, -0.15) is 18.3 Å². The molecule has 0 aliphatic carbocycles. The van der Waals surface area contributed by atoms with Crippen LogP contribution in [0, 0.1) is 5.92 Å². The van der Waals surface area contributed by atoms with E-state index in [-0.39, 0.29) is 24.5 Å². The first kappa shape index (κ1) is 17.7. The van der Waals surface area contributed by atoms with Crippen LogP contribution in [0.3, 0.4) is 0 Å². The van der Waals surface area contributed by atoms with Gasteiger partial charge in [0.1, 0.15) is 5.69 Å². The van der Waals surface area contributed by atoms with Crippen molar-refractivity contribution in [3.8, 4) is 0 Å². The molecular weight excluding hydrogens is 333 g/mol. The number of hydrogen-bond acceptors (Lipinski definition) is 4. The molecule has 0 aromatic carbocycles. The third-order valence-corrected chi connectivity index (χ3v) is 4.65. The Morgan fingerprint density at radius 3 is 2.68 bits per heavy atom. The minimum Gasteiger partial charge on any atom is -0.396 e. The van der Waals surface area contributed by atoms with Crippen LogP contribution in [0.2, 0.25) is 0 Å². The third kappa shape index (κ3) is 3.63. The summed E-state index contributed by atoms with van der Waals surface area (Å²) in [6.07, 6.45) is 0.444. The van der Waals surface area contributed by atoms with Gasteiger partial charge in [-0.15, -0.1) is 0 Å². The highest BCUT2D eigenvalue weighted by molar-refractivity contribution is 5.49. The zero-order valence-corrected chi connectivity index (χ0v) is 14.1. The van der Waals surface area contributed by atoms with Gasteiger partial charge >= 0.3 is 6.18 Å². The number of aliphatic hydroxyl groups is 1. The van der Waals surface area contributed by atoms with Crippen LogP contribution in [0.5, 0.6) is 0 Å². The number of rotatable bonds is 4. The lowest BCUT2D eigenvalue weighted by molar-refractivity contribution is -0.141. The van der Waals surface area contributed by atoms with Gasteiger partial charge in [0.25, 0.3) is 0 Å². The van der Waals surface area contributed by atoms with Crippen molar-refractivity contribution in [3.63, 3.8) is 0 Å². The van der Waals surface area contributed by atoms with E-state index in [4.69, 9.17) is 0 Å². The van der Waals surface area contributed by atoms with Crippen LogP contribution in [0.15, 0.2) is 30.7 Å². The molecule has 1 aliphatic heterocycles. The van der Waals surface area contributed by atoms with Crippen molar-refractivity contribution >= 4 is 5.69 Å². The molecule has 0 unspecified atom stereocenters. The second-order valence-electron chi connectivity index (χ2n) is 6.70. The lowest BCUT2D eigenvalue weighted by atomic mass is 9.92. The standard InChI is InChI=1S/C17H21F3N4O/c1-11(2)24-8-12(6-22-24)15-9-23(7-13(15)10-25)14-3-4-21-16(5-14)17(18,19)20/h3-6,8,11,13,15,25H,7,9-10H2,1-2H3/t13-,15-/m0/s1. The molecule has 0 bridgehead atoms. The van der Waals surface area contributed by atoms with Crippen LogP contribution in [0.25, 0.3) is 0 Å². The van der Waals surface area contributed by atoms with Gasteiger partial charge < -0.3 is 10.0 Å². The number of pyridine rings is 1. The average Bonchev–Trinajstić information content (AvgIpc) is 3.20. The maximum atomic E-state index is 12.9. The molecule has 1 saturated heterocycles. The number of alkyl halides is 3. The molecule has 0 radical (unpaired) electrons. The fraction of sp³-hybridized carbons (Fsp3) is 0.529. The van der Waals surface area contributed by atoms with Gasteiger partial charge in [0, 0.05) is 55.7 Å². The quantitative estimate of drug-likeness (QED) is 0.917. The molecule has 0 spiro atoms. The number of aliphatic hydroxyl groups excluding tert-OH is 1. The Kier molecular flexibility index (Phi) is 4.73. The van der Waals surface area contributed by atoms with Gasteiger partial charge in [-0.05, 0) is 31.5 Å². The highest BCUT2D eigenvalue weighted by Crippen LogP contribution is 2.37. The lowest BCUT2D eigenvalue weighted by Gasteiger charge is -2.19. The molecule has 1 aliphatic rings. The number of aromatic nitrogens is 3. The van der Waals surface area contributed by atoms with E-state index >= 15 is 0 Å². The van der Waals surface area contributed by atoms with Gasteiger partial charge in [-0.1, -0.05) is 0 Å². The maximum Gasteiger partial charge on any atom is 0.433 e. The first-order valence-corrected chi connectivity index (χ1v) is 8.22. The van der Waals surface area contributed by atoms with Gasteiger partial charge in [-0.25, -0.2) is 0 Å². The van der Waals surface area contributed by atoms with E-state index in [9.17, 15) is 18.3 Å². The fourth-order valence-corrected chi connectivity index (χ4v) is 3.24. The normalized spacial score (nSPS) is 21.3. The summed E-state index contributed by atoms with van der Waals surface area (Å²) in [6, 6.07) is 2.87. The Morgan fingerprint density at radius 2 is 2.08 bits per heavy atom. The molecule has 2 atom stereocenters. The molecule has 136 valence electrons. The number of nitrogens with zero attached hydrogens (tertiary/aromatic N) is 4. The number of hydrogen-bond donors (Lipinski definition) is 1. The van der Waals surface area contributed by atoms with Crippen molar-refractivity contribution in [1.82, 2.24) is 14.8 Å². The summed E-state index contributed by atoms with van der Waals surface area (Å²) in [5.41, 5.74) is 0.571. The van der Waals surface area contributed by atoms with Crippen molar-refractivity contribution in [2.45, 2.75) is 32.0 Å². The summed E-state index contributed by atoms with van der Waals surface area (Å²) in [4.78, 5) is 5.28. The van der Waals surface area contributed by atoms with Gasteiger partial charge in [0.05, 0.1) is 6.20 Å². The Bertz CT molecular complexity index is 729. The predicted molar refractivity (Wildman–Crippen MR) is 87.4 cm³/mol. The molecule has 3 rings (SSSR count). The first-order chi connectivity index (χ1) is 11.8. The second kappa shape index (κ2) is 6.67. The van der Waals surface area contributed by atoms with Crippen LogP contribution in [0.1, 0.15) is 37.1 Å². The van der Waals surface area contributed by atoms with Crippen LogP contribution < -0.4 is 4.90 Å². The molecule has 2 aromatic heterocycles. The van der Waals surface area contributed by atoms with Gasteiger partial charge in [-0.3, -0.25) is 9.67 Å². The van der Waals surface area contributed by atoms with E-state index in [1.165, 1.54) is 6.20 Å². The summed E-state index contributed by atoms with van der Waals surface area (Å²) in [5.74, 6) is -0.0210. The number of halogens is 3. The fourth-order valence-electron chi connectivity index (χ4n) is 3.24. The summed E-state index contributed by atoms with van der Waals surface area (Å²) in [5, 5.41) is 14.0. The minimum atomic E-state index is -4.47. The van der Waals surface area contributed by atoms with Crippen molar-refractivity contribution in [3.05, 3.63) is 42.0 Å². The summed E-state index contributed by atoms with van der Waals surface area (Å²) >= 11 is 0. The van der Waals surface area contributed by atoms with E-state index < -0.39 is 11.9 Å². The lowest BCUT2D eigenvalue weighted by Crippen LogP contribution is -2.21. The van der Waals surface area contributed by atoms with Crippen LogP contribution in [-0.4, -0.2) is 39.6 Å². The summed E-state index contributed by atoms with van der Waals surface area (Å²) < 4.78 is 40.5.